The molecule has 0 fully saturated rings. The van der Waals surface area contributed by atoms with Gasteiger partial charge in [-0.25, -0.2) is 4.39 Å². The summed E-state index contributed by atoms with van der Waals surface area (Å²) < 4.78 is 24.9. The third-order valence-corrected chi connectivity index (χ3v) is 3.68. The van der Waals surface area contributed by atoms with E-state index in [2.05, 4.69) is 21.2 Å². The predicted molar refractivity (Wildman–Crippen MR) is 86.0 cm³/mol. The van der Waals surface area contributed by atoms with E-state index >= 15 is 0 Å². The lowest BCUT2D eigenvalue weighted by atomic mass is 10.2. The Hall–Kier alpha value is -1.46. The van der Waals surface area contributed by atoms with Crippen LogP contribution < -0.4 is 14.8 Å². The zero-order valence-electron chi connectivity index (χ0n) is 11.5. The average Bonchev–Trinajstić information content (AvgIpc) is 2.47. The first-order chi connectivity index (χ1) is 10.0. The van der Waals surface area contributed by atoms with Crippen molar-refractivity contribution in [3.05, 3.63) is 51.2 Å². The van der Waals surface area contributed by atoms with Crippen LogP contribution in [0.3, 0.4) is 0 Å². The van der Waals surface area contributed by atoms with Crippen LogP contribution >= 0.6 is 27.5 Å². The Balaban J connectivity index is 2.20. The van der Waals surface area contributed by atoms with E-state index in [4.69, 9.17) is 21.1 Å². The van der Waals surface area contributed by atoms with Crippen molar-refractivity contribution < 1.29 is 13.9 Å². The minimum Gasteiger partial charge on any atom is -0.493 e. The number of methoxy groups -OCH3 is 2. The van der Waals surface area contributed by atoms with Crippen LogP contribution in [0.25, 0.3) is 0 Å². The fourth-order valence-electron chi connectivity index (χ4n) is 1.90. The van der Waals surface area contributed by atoms with Gasteiger partial charge in [0, 0.05) is 11.0 Å². The lowest BCUT2D eigenvalue weighted by Gasteiger charge is -2.13. The Kier molecular flexibility index (Phi) is 5.31. The highest BCUT2D eigenvalue weighted by Crippen LogP contribution is 2.36. The summed E-state index contributed by atoms with van der Waals surface area (Å²) in [5, 5.41) is 3.47. The molecular weight excluding hydrogens is 361 g/mol. The normalized spacial score (nSPS) is 10.3. The van der Waals surface area contributed by atoms with Crippen LogP contribution in [0.1, 0.15) is 5.56 Å². The predicted octanol–water partition coefficient (Wildman–Crippen LogP) is 4.87. The van der Waals surface area contributed by atoms with Crippen molar-refractivity contribution in [2.45, 2.75) is 6.54 Å². The van der Waals surface area contributed by atoms with Gasteiger partial charge >= 0.3 is 0 Å². The van der Waals surface area contributed by atoms with Crippen LogP contribution in [0.5, 0.6) is 11.5 Å². The van der Waals surface area contributed by atoms with Gasteiger partial charge in [0.15, 0.2) is 11.5 Å². The smallest absolute Gasteiger partial charge is 0.179 e. The van der Waals surface area contributed by atoms with Crippen molar-refractivity contribution in [2.75, 3.05) is 19.5 Å². The Morgan fingerprint density at radius 2 is 1.95 bits per heavy atom. The van der Waals surface area contributed by atoms with Gasteiger partial charge in [-0.15, -0.1) is 0 Å². The lowest BCUT2D eigenvalue weighted by Crippen LogP contribution is -2.02. The molecule has 0 bridgehead atoms. The second-order valence-corrected chi connectivity index (χ2v) is 5.61. The largest absolute Gasteiger partial charge is 0.493 e. The van der Waals surface area contributed by atoms with Gasteiger partial charge in [0.2, 0.25) is 0 Å². The number of halogens is 3. The molecule has 0 spiro atoms. The summed E-state index contributed by atoms with van der Waals surface area (Å²) in [5.74, 6) is 0.706. The first-order valence-electron chi connectivity index (χ1n) is 6.14. The standard InChI is InChI=1S/C15H14BrClFNO2/c1-20-14-6-9(5-11(17)15(14)21-2)8-19-13-7-10(16)3-4-12(13)18/h3-7,19H,8H2,1-2H3. The molecule has 1 N–H and O–H groups in total. The van der Waals surface area contributed by atoms with Crippen LogP contribution in [0.15, 0.2) is 34.8 Å². The van der Waals surface area contributed by atoms with Gasteiger partial charge in [-0.3, -0.25) is 0 Å². The monoisotopic (exact) mass is 373 g/mol. The first kappa shape index (κ1) is 15.9. The molecule has 0 unspecified atom stereocenters. The van der Waals surface area contributed by atoms with E-state index in [1.165, 1.54) is 13.2 Å². The number of hydrogen-bond donors (Lipinski definition) is 1. The molecule has 0 heterocycles. The van der Waals surface area contributed by atoms with Gasteiger partial charge < -0.3 is 14.8 Å². The first-order valence-corrected chi connectivity index (χ1v) is 7.31. The molecule has 0 radical (unpaired) electrons. The molecule has 3 nitrogen and oxygen atoms in total. The molecule has 0 aliphatic carbocycles. The van der Waals surface area contributed by atoms with Gasteiger partial charge in [0.1, 0.15) is 5.82 Å². The fourth-order valence-corrected chi connectivity index (χ4v) is 2.58. The topological polar surface area (TPSA) is 30.5 Å². The highest BCUT2D eigenvalue weighted by Gasteiger charge is 2.11. The summed E-state index contributed by atoms with van der Waals surface area (Å²) in [5.41, 5.74) is 1.27. The molecule has 0 aliphatic heterocycles. The van der Waals surface area contributed by atoms with Crippen LogP contribution in [0.2, 0.25) is 5.02 Å². The summed E-state index contributed by atoms with van der Waals surface area (Å²) >= 11 is 9.45. The van der Waals surface area contributed by atoms with Gasteiger partial charge in [0.25, 0.3) is 0 Å². The second kappa shape index (κ2) is 7.00. The summed E-state index contributed by atoms with van der Waals surface area (Å²) in [7, 11) is 3.07. The van der Waals surface area contributed by atoms with Gasteiger partial charge in [0.05, 0.1) is 24.9 Å². The molecule has 112 valence electrons. The molecule has 2 rings (SSSR count). The van der Waals surface area contributed by atoms with Gasteiger partial charge in [-0.1, -0.05) is 27.5 Å². The molecule has 2 aromatic rings. The molecule has 21 heavy (non-hydrogen) atoms. The SMILES string of the molecule is COc1cc(CNc2cc(Br)ccc2F)cc(Cl)c1OC. The summed E-state index contributed by atoms with van der Waals surface area (Å²) in [6.07, 6.45) is 0. The number of anilines is 1. The van der Waals surface area contributed by atoms with Crippen molar-refractivity contribution in [2.24, 2.45) is 0 Å². The molecule has 0 saturated heterocycles. The van der Waals surface area contributed by atoms with Crippen LogP contribution in [-0.4, -0.2) is 14.2 Å². The zero-order valence-corrected chi connectivity index (χ0v) is 13.9. The fraction of sp³-hybridized carbons (Fsp3) is 0.200. The van der Waals surface area contributed by atoms with Crippen molar-refractivity contribution in [1.29, 1.82) is 0 Å². The number of ether oxygens (including phenoxy) is 2. The summed E-state index contributed by atoms with van der Waals surface area (Å²) in [6, 6.07) is 8.28. The van der Waals surface area contributed by atoms with Crippen LogP contribution in [-0.2, 0) is 6.54 Å². The zero-order chi connectivity index (χ0) is 15.4. The maximum absolute atomic E-state index is 13.7. The molecule has 6 heteroatoms. The Morgan fingerprint density at radius 3 is 2.62 bits per heavy atom. The Morgan fingerprint density at radius 1 is 1.19 bits per heavy atom. The molecule has 0 aliphatic rings. The third kappa shape index (κ3) is 3.80. The number of hydrogen-bond acceptors (Lipinski definition) is 3. The molecular formula is C15H14BrClFNO2. The van der Waals surface area contributed by atoms with Crippen molar-refractivity contribution in [3.8, 4) is 11.5 Å². The molecule has 0 amide bonds. The van der Waals surface area contributed by atoms with Crippen molar-refractivity contribution in [3.63, 3.8) is 0 Å². The maximum Gasteiger partial charge on any atom is 0.179 e. The minimum absolute atomic E-state index is 0.315. The van der Waals surface area contributed by atoms with E-state index in [-0.39, 0.29) is 5.82 Å². The van der Waals surface area contributed by atoms with Crippen LogP contribution in [0, 0.1) is 5.82 Å². The molecule has 0 aromatic heterocycles. The van der Waals surface area contributed by atoms with Crippen molar-refractivity contribution in [1.82, 2.24) is 0 Å². The lowest BCUT2D eigenvalue weighted by molar-refractivity contribution is 0.355. The molecule has 0 atom stereocenters. The van der Waals surface area contributed by atoms with E-state index in [1.54, 1.807) is 31.4 Å². The Labute approximate surface area is 136 Å². The highest BCUT2D eigenvalue weighted by atomic mass is 79.9. The summed E-state index contributed by atoms with van der Waals surface area (Å²) in [4.78, 5) is 0. The quantitative estimate of drug-likeness (QED) is 0.810. The minimum atomic E-state index is -0.315. The van der Waals surface area contributed by atoms with E-state index in [0.29, 0.717) is 28.8 Å². The number of rotatable bonds is 5. The molecule has 0 saturated carbocycles. The van der Waals surface area contributed by atoms with Crippen LogP contribution in [0.4, 0.5) is 10.1 Å². The van der Waals surface area contributed by atoms with E-state index in [0.717, 1.165) is 10.0 Å². The van der Waals surface area contributed by atoms with E-state index in [1.807, 2.05) is 0 Å². The highest BCUT2D eigenvalue weighted by molar-refractivity contribution is 9.10. The number of nitrogens with one attached hydrogen (secondary N) is 1. The summed E-state index contributed by atoms with van der Waals surface area (Å²) in [6.45, 7) is 0.410. The van der Waals surface area contributed by atoms with Gasteiger partial charge in [-0.05, 0) is 35.9 Å². The second-order valence-electron chi connectivity index (χ2n) is 4.29. The van der Waals surface area contributed by atoms with E-state index < -0.39 is 0 Å². The molecule has 2 aromatic carbocycles. The van der Waals surface area contributed by atoms with Gasteiger partial charge in [-0.2, -0.15) is 0 Å². The number of benzene rings is 2. The third-order valence-electron chi connectivity index (χ3n) is 2.90. The Bertz CT molecular complexity index is 652. The van der Waals surface area contributed by atoms with Crippen molar-refractivity contribution >= 4 is 33.2 Å². The maximum atomic E-state index is 13.7. The van der Waals surface area contributed by atoms with E-state index in [9.17, 15) is 4.39 Å². The average molecular weight is 375 g/mol.